The number of rotatable bonds is 8. The Morgan fingerprint density at radius 3 is 2.33 bits per heavy atom. The molecule has 0 aliphatic carbocycles. The molecule has 0 fully saturated rings. The predicted molar refractivity (Wildman–Crippen MR) is 77.4 cm³/mol. The van der Waals surface area contributed by atoms with E-state index < -0.39 is 5.47 Å². The minimum Gasteiger partial charge on any atom is -0.357 e. The lowest BCUT2D eigenvalue weighted by Gasteiger charge is -2.18. The summed E-state index contributed by atoms with van der Waals surface area (Å²) in [6.07, 6.45) is 4.36. The van der Waals surface area contributed by atoms with Crippen molar-refractivity contribution in [3.05, 3.63) is 0 Å². The van der Waals surface area contributed by atoms with Crippen LogP contribution in [0, 0.1) is 11.8 Å². The lowest BCUT2D eigenvalue weighted by molar-refractivity contribution is 0.583. The van der Waals surface area contributed by atoms with E-state index in [1.807, 2.05) is 0 Å². The summed E-state index contributed by atoms with van der Waals surface area (Å²) < 4.78 is 0. The van der Waals surface area contributed by atoms with E-state index >= 15 is 0 Å². The monoisotopic (exact) mass is 268 g/mol. The van der Waals surface area contributed by atoms with Crippen LogP contribution in [0.3, 0.4) is 0 Å². The van der Waals surface area contributed by atoms with Crippen LogP contribution in [0.1, 0.15) is 47.0 Å². The molecular formula is C11H25OPS2. The van der Waals surface area contributed by atoms with Gasteiger partial charge in [0, 0.05) is 11.9 Å². The van der Waals surface area contributed by atoms with E-state index in [-0.39, 0.29) is 0 Å². The quantitative estimate of drug-likeness (QED) is 0.654. The molecule has 1 N–H and O–H groups in total. The van der Waals surface area contributed by atoms with E-state index in [1.165, 1.54) is 12.8 Å². The topological polar surface area (TPSA) is 20.2 Å². The van der Waals surface area contributed by atoms with Gasteiger partial charge in [-0.2, -0.15) is 0 Å². The third-order valence-electron chi connectivity index (χ3n) is 2.33. The van der Waals surface area contributed by atoms with Crippen LogP contribution in [0.5, 0.6) is 0 Å². The fourth-order valence-corrected chi connectivity index (χ4v) is 5.96. The molecule has 0 amide bonds. The zero-order chi connectivity index (χ0) is 11.9. The standard InChI is InChI=1S/C11H25OPS2/c1-5-6-11(4)9-15-13(12,14)8-7-10(2)3/h10-11H,5-9H2,1-4H3,(H,12,14). The first-order valence-electron chi connectivity index (χ1n) is 5.83. The number of hydrogen-bond donors (Lipinski definition) is 1. The van der Waals surface area contributed by atoms with Crippen LogP contribution in [0.2, 0.25) is 0 Å². The highest BCUT2D eigenvalue weighted by molar-refractivity contribution is 8.69. The van der Waals surface area contributed by atoms with Gasteiger partial charge in [-0.05, 0) is 18.3 Å². The molecule has 4 heteroatoms. The summed E-state index contributed by atoms with van der Waals surface area (Å²) in [4.78, 5) is 10.1. The second-order valence-electron chi connectivity index (χ2n) is 4.73. The largest absolute Gasteiger partial charge is 0.357 e. The molecule has 0 spiro atoms. The highest BCUT2D eigenvalue weighted by Crippen LogP contribution is 2.56. The Balaban J connectivity index is 3.78. The summed E-state index contributed by atoms with van der Waals surface area (Å²) in [5.41, 5.74) is -2.07. The maximum Gasteiger partial charge on any atom is 0.117 e. The molecule has 0 radical (unpaired) electrons. The van der Waals surface area contributed by atoms with Crippen LogP contribution in [-0.2, 0) is 11.8 Å². The van der Waals surface area contributed by atoms with Crippen molar-refractivity contribution < 1.29 is 4.89 Å². The summed E-state index contributed by atoms with van der Waals surface area (Å²) in [6.45, 7) is 8.81. The van der Waals surface area contributed by atoms with Gasteiger partial charge in [-0.15, -0.1) is 0 Å². The Morgan fingerprint density at radius 1 is 1.27 bits per heavy atom. The van der Waals surface area contributed by atoms with Crippen LogP contribution in [0.25, 0.3) is 0 Å². The fourth-order valence-electron chi connectivity index (χ4n) is 1.31. The molecule has 0 bridgehead atoms. The third kappa shape index (κ3) is 9.86. The molecule has 0 heterocycles. The molecule has 0 saturated heterocycles. The molecule has 0 aliphatic rings. The van der Waals surface area contributed by atoms with Crippen LogP contribution >= 0.6 is 16.8 Å². The summed E-state index contributed by atoms with van der Waals surface area (Å²) in [6, 6.07) is 0. The van der Waals surface area contributed by atoms with Crippen molar-refractivity contribution in [2.45, 2.75) is 47.0 Å². The van der Waals surface area contributed by atoms with Gasteiger partial charge < -0.3 is 4.89 Å². The van der Waals surface area contributed by atoms with Crippen LogP contribution in [-0.4, -0.2) is 16.8 Å². The Morgan fingerprint density at radius 2 is 1.87 bits per heavy atom. The molecule has 0 aromatic rings. The van der Waals surface area contributed by atoms with Crippen molar-refractivity contribution in [2.75, 3.05) is 11.9 Å². The minimum absolute atomic E-state index is 0.646. The summed E-state index contributed by atoms with van der Waals surface area (Å²) in [5.74, 6) is 2.36. The van der Waals surface area contributed by atoms with Crippen molar-refractivity contribution in [3.63, 3.8) is 0 Å². The molecule has 2 unspecified atom stereocenters. The Labute approximate surface area is 104 Å². The van der Waals surface area contributed by atoms with Gasteiger partial charge in [0.1, 0.15) is 5.47 Å². The molecule has 1 nitrogen and oxygen atoms in total. The maximum atomic E-state index is 10.1. The SMILES string of the molecule is CCCC(C)CSP(O)(=S)CCC(C)C. The first-order chi connectivity index (χ1) is 6.87. The first kappa shape index (κ1) is 16.0. The molecule has 0 aliphatic heterocycles. The summed E-state index contributed by atoms with van der Waals surface area (Å²) >= 11 is 6.94. The van der Waals surface area contributed by atoms with E-state index in [1.54, 1.807) is 11.4 Å². The summed E-state index contributed by atoms with van der Waals surface area (Å²) in [7, 11) is 0. The average molecular weight is 268 g/mol. The van der Waals surface area contributed by atoms with Gasteiger partial charge in [-0.25, -0.2) is 0 Å². The Hall–Kier alpha value is 0.960. The highest BCUT2D eigenvalue weighted by Gasteiger charge is 2.15. The van der Waals surface area contributed by atoms with Crippen molar-refractivity contribution in [1.29, 1.82) is 0 Å². The number of hydrogen-bond acceptors (Lipinski definition) is 2. The van der Waals surface area contributed by atoms with Gasteiger partial charge in [-0.3, -0.25) is 0 Å². The van der Waals surface area contributed by atoms with Crippen molar-refractivity contribution >= 4 is 28.7 Å². The molecule has 0 saturated carbocycles. The summed E-state index contributed by atoms with van der Waals surface area (Å²) in [5, 5.41) is 0. The smallest absolute Gasteiger partial charge is 0.117 e. The van der Waals surface area contributed by atoms with E-state index in [9.17, 15) is 4.89 Å². The van der Waals surface area contributed by atoms with Crippen LogP contribution in [0.15, 0.2) is 0 Å². The van der Waals surface area contributed by atoms with Crippen LogP contribution in [0.4, 0.5) is 0 Å². The average Bonchev–Trinajstić information content (AvgIpc) is 2.13. The van der Waals surface area contributed by atoms with Crippen molar-refractivity contribution in [2.24, 2.45) is 11.8 Å². The molecular weight excluding hydrogens is 243 g/mol. The van der Waals surface area contributed by atoms with E-state index in [0.29, 0.717) is 11.8 Å². The predicted octanol–water partition coefficient (Wildman–Crippen LogP) is 4.50. The lowest BCUT2D eigenvalue weighted by atomic mass is 10.1. The van der Waals surface area contributed by atoms with Gasteiger partial charge in [0.05, 0.1) is 0 Å². The zero-order valence-corrected chi connectivity index (χ0v) is 12.9. The molecule has 92 valence electrons. The molecule has 2 atom stereocenters. The van der Waals surface area contributed by atoms with Crippen molar-refractivity contribution in [3.8, 4) is 0 Å². The van der Waals surface area contributed by atoms with E-state index in [4.69, 9.17) is 11.8 Å². The van der Waals surface area contributed by atoms with E-state index in [2.05, 4.69) is 27.7 Å². The van der Waals surface area contributed by atoms with Gasteiger partial charge in [0.15, 0.2) is 0 Å². The van der Waals surface area contributed by atoms with Gasteiger partial charge in [-0.1, -0.05) is 63.7 Å². The van der Waals surface area contributed by atoms with Crippen LogP contribution < -0.4 is 0 Å². The molecule has 0 rings (SSSR count). The van der Waals surface area contributed by atoms with Gasteiger partial charge >= 0.3 is 0 Å². The molecule has 15 heavy (non-hydrogen) atoms. The molecule has 0 aromatic heterocycles. The second-order valence-corrected chi connectivity index (χ2v) is 12.1. The fraction of sp³-hybridized carbons (Fsp3) is 1.00. The first-order valence-corrected chi connectivity index (χ1v) is 10.4. The normalized spacial score (nSPS) is 17.7. The highest BCUT2D eigenvalue weighted by atomic mass is 32.9. The third-order valence-corrected chi connectivity index (χ3v) is 7.98. The zero-order valence-electron chi connectivity index (χ0n) is 10.4. The Kier molecular flexibility index (Phi) is 8.63. The Bertz CT molecular complexity index is 207. The maximum absolute atomic E-state index is 10.1. The lowest BCUT2D eigenvalue weighted by Crippen LogP contribution is -1.99. The van der Waals surface area contributed by atoms with E-state index in [0.717, 1.165) is 18.3 Å². The second kappa shape index (κ2) is 8.11. The van der Waals surface area contributed by atoms with Gasteiger partial charge in [0.25, 0.3) is 0 Å². The molecule has 0 aromatic carbocycles. The van der Waals surface area contributed by atoms with Gasteiger partial charge in [0.2, 0.25) is 0 Å². The van der Waals surface area contributed by atoms with Crippen molar-refractivity contribution in [1.82, 2.24) is 0 Å². The minimum atomic E-state index is -2.07.